The fourth-order valence-corrected chi connectivity index (χ4v) is 2.43. The maximum Gasteiger partial charge on any atom is 0.238 e. The summed E-state index contributed by atoms with van der Waals surface area (Å²) in [5.41, 5.74) is 2.14. The molecule has 1 aromatic carbocycles. The first-order valence-corrected chi connectivity index (χ1v) is 7.02. The predicted molar refractivity (Wildman–Crippen MR) is 78.4 cm³/mol. The van der Waals surface area contributed by atoms with Crippen LogP contribution in [0.4, 0.5) is 5.69 Å². The Morgan fingerprint density at radius 2 is 2.37 bits per heavy atom. The van der Waals surface area contributed by atoms with E-state index in [0.29, 0.717) is 12.6 Å². The third kappa shape index (κ3) is 4.33. The van der Waals surface area contributed by atoms with Gasteiger partial charge in [-0.15, -0.1) is 0 Å². The summed E-state index contributed by atoms with van der Waals surface area (Å²) < 4.78 is 0. The van der Waals surface area contributed by atoms with Crippen LogP contribution < -0.4 is 10.6 Å². The van der Waals surface area contributed by atoms with Crippen molar-refractivity contribution in [2.45, 2.75) is 26.3 Å². The quantitative estimate of drug-likeness (QED) is 0.863. The Bertz CT molecular complexity index is 433. The van der Waals surface area contributed by atoms with E-state index in [-0.39, 0.29) is 5.91 Å². The highest BCUT2D eigenvalue weighted by atomic mass is 16.2. The van der Waals surface area contributed by atoms with Crippen LogP contribution in [0.2, 0.25) is 0 Å². The van der Waals surface area contributed by atoms with E-state index in [0.717, 1.165) is 31.7 Å². The largest absolute Gasteiger partial charge is 0.325 e. The van der Waals surface area contributed by atoms with Crippen LogP contribution in [-0.4, -0.2) is 43.0 Å². The number of hydrogen-bond acceptors (Lipinski definition) is 3. The van der Waals surface area contributed by atoms with Gasteiger partial charge in [0.1, 0.15) is 0 Å². The summed E-state index contributed by atoms with van der Waals surface area (Å²) >= 11 is 0. The van der Waals surface area contributed by atoms with E-state index >= 15 is 0 Å². The fraction of sp³-hybridized carbons (Fsp3) is 0.533. The van der Waals surface area contributed by atoms with Gasteiger partial charge < -0.3 is 10.6 Å². The molecule has 4 heteroatoms. The van der Waals surface area contributed by atoms with Crippen LogP contribution in [0.1, 0.15) is 19.4 Å². The third-order valence-electron chi connectivity index (χ3n) is 3.44. The summed E-state index contributed by atoms with van der Waals surface area (Å²) in [6.07, 6.45) is 0.985. The van der Waals surface area contributed by atoms with Gasteiger partial charge in [-0.05, 0) is 31.0 Å². The summed E-state index contributed by atoms with van der Waals surface area (Å²) in [6, 6.07) is 8.51. The lowest BCUT2D eigenvalue weighted by Crippen LogP contribution is -2.51. The molecule has 1 amide bonds. The molecule has 1 aliphatic heterocycles. The first-order chi connectivity index (χ1) is 9.17. The van der Waals surface area contributed by atoms with E-state index in [4.69, 9.17) is 0 Å². The van der Waals surface area contributed by atoms with E-state index < -0.39 is 0 Å². The zero-order valence-electron chi connectivity index (χ0n) is 11.8. The Morgan fingerprint density at radius 1 is 1.53 bits per heavy atom. The van der Waals surface area contributed by atoms with Gasteiger partial charge in [-0.2, -0.15) is 0 Å². The van der Waals surface area contributed by atoms with Gasteiger partial charge in [0.15, 0.2) is 0 Å². The van der Waals surface area contributed by atoms with Crippen molar-refractivity contribution in [2.24, 2.45) is 0 Å². The Morgan fingerprint density at radius 3 is 3.11 bits per heavy atom. The Kier molecular flexibility index (Phi) is 4.93. The summed E-state index contributed by atoms with van der Waals surface area (Å²) in [6.45, 7) is 7.56. The number of carbonyl (C=O) groups is 1. The molecule has 1 heterocycles. The van der Waals surface area contributed by atoms with Crippen molar-refractivity contribution in [3.8, 4) is 0 Å². The molecule has 1 fully saturated rings. The number of piperazine rings is 1. The van der Waals surface area contributed by atoms with Gasteiger partial charge in [0.25, 0.3) is 0 Å². The monoisotopic (exact) mass is 261 g/mol. The number of carbonyl (C=O) groups excluding carboxylic acids is 1. The third-order valence-corrected chi connectivity index (χ3v) is 3.44. The number of amides is 1. The highest BCUT2D eigenvalue weighted by Crippen LogP contribution is 2.11. The number of anilines is 1. The van der Waals surface area contributed by atoms with Crippen molar-refractivity contribution < 1.29 is 4.79 Å². The second-order valence-electron chi connectivity index (χ2n) is 5.19. The van der Waals surface area contributed by atoms with Crippen LogP contribution in [0, 0.1) is 0 Å². The smallest absolute Gasteiger partial charge is 0.238 e. The molecule has 104 valence electrons. The second kappa shape index (κ2) is 6.68. The highest BCUT2D eigenvalue weighted by molar-refractivity contribution is 5.92. The SMILES string of the molecule is CCc1cccc(NC(=O)CN2CCNC(C)C2)c1. The molecule has 19 heavy (non-hydrogen) atoms. The van der Waals surface area contributed by atoms with Gasteiger partial charge in [-0.3, -0.25) is 9.69 Å². The number of rotatable bonds is 4. The van der Waals surface area contributed by atoms with Gasteiger partial charge in [0.2, 0.25) is 5.91 Å². The van der Waals surface area contributed by atoms with Crippen LogP contribution >= 0.6 is 0 Å². The molecule has 0 radical (unpaired) electrons. The van der Waals surface area contributed by atoms with E-state index in [2.05, 4.69) is 35.4 Å². The van der Waals surface area contributed by atoms with Crippen LogP contribution in [0.15, 0.2) is 24.3 Å². The van der Waals surface area contributed by atoms with Gasteiger partial charge in [0.05, 0.1) is 6.54 Å². The molecule has 4 nitrogen and oxygen atoms in total. The Labute approximate surface area is 115 Å². The zero-order valence-corrected chi connectivity index (χ0v) is 11.8. The lowest BCUT2D eigenvalue weighted by Gasteiger charge is -2.31. The molecule has 2 rings (SSSR count). The molecule has 0 spiro atoms. The summed E-state index contributed by atoms with van der Waals surface area (Å²) in [4.78, 5) is 14.2. The van der Waals surface area contributed by atoms with Gasteiger partial charge in [-0.1, -0.05) is 19.1 Å². The minimum absolute atomic E-state index is 0.0716. The van der Waals surface area contributed by atoms with Crippen LogP contribution in [0.5, 0.6) is 0 Å². The predicted octanol–water partition coefficient (Wildman–Crippen LogP) is 1.48. The molecular weight excluding hydrogens is 238 g/mol. The highest BCUT2D eigenvalue weighted by Gasteiger charge is 2.17. The van der Waals surface area contributed by atoms with Crippen LogP contribution in [-0.2, 0) is 11.2 Å². The van der Waals surface area contributed by atoms with Gasteiger partial charge in [0, 0.05) is 31.4 Å². The molecule has 0 aromatic heterocycles. The Hall–Kier alpha value is -1.39. The molecular formula is C15H23N3O. The van der Waals surface area contributed by atoms with E-state index in [1.165, 1.54) is 5.56 Å². The Balaban J connectivity index is 1.86. The average molecular weight is 261 g/mol. The molecule has 2 N–H and O–H groups in total. The molecule has 1 saturated heterocycles. The summed E-state index contributed by atoms with van der Waals surface area (Å²) in [7, 11) is 0. The van der Waals surface area contributed by atoms with E-state index in [1.807, 2.05) is 18.2 Å². The van der Waals surface area contributed by atoms with Crippen molar-refractivity contribution in [1.82, 2.24) is 10.2 Å². The maximum absolute atomic E-state index is 12.0. The van der Waals surface area contributed by atoms with E-state index in [1.54, 1.807) is 0 Å². The van der Waals surface area contributed by atoms with Crippen LogP contribution in [0.25, 0.3) is 0 Å². The van der Waals surface area contributed by atoms with Crippen molar-refractivity contribution in [2.75, 3.05) is 31.5 Å². The summed E-state index contributed by atoms with van der Waals surface area (Å²) in [5, 5.41) is 6.35. The van der Waals surface area contributed by atoms with Gasteiger partial charge >= 0.3 is 0 Å². The second-order valence-corrected chi connectivity index (χ2v) is 5.19. The first-order valence-electron chi connectivity index (χ1n) is 7.02. The number of aryl methyl sites for hydroxylation is 1. The van der Waals surface area contributed by atoms with Crippen molar-refractivity contribution >= 4 is 11.6 Å². The molecule has 1 aromatic rings. The van der Waals surface area contributed by atoms with Gasteiger partial charge in [-0.25, -0.2) is 0 Å². The number of nitrogens with zero attached hydrogens (tertiary/aromatic N) is 1. The van der Waals surface area contributed by atoms with Crippen molar-refractivity contribution in [3.63, 3.8) is 0 Å². The standard InChI is InChI=1S/C15H23N3O/c1-3-13-5-4-6-14(9-13)17-15(19)11-18-8-7-16-12(2)10-18/h4-6,9,12,16H,3,7-8,10-11H2,1-2H3,(H,17,19). The normalized spacial score (nSPS) is 20.2. The van der Waals surface area contributed by atoms with Crippen LogP contribution in [0.3, 0.4) is 0 Å². The molecule has 0 aliphatic carbocycles. The molecule has 1 aliphatic rings. The molecule has 0 bridgehead atoms. The van der Waals surface area contributed by atoms with Crippen molar-refractivity contribution in [3.05, 3.63) is 29.8 Å². The number of benzene rings is 1. The lowest BCUT2D eigenvalue weighted by atomic mass is 10.1. The molecule has 0 saturated carbocycles. The van der Waals surface area contributed by atoms with Crippen molar-refractivity contribution in [1.29, 1.82) is 0 Å². The van der Waals surface area contributed by atoms with E-state index in [9.17, 15) is 4.79 Å². The minimum Gasteiger partial charge on any atom is -0.325 e. The summed E-state index contributed by atoms with van der Waals surface area (Å²) in [5.74, 6) is 0.0716. The zero-order chi connectivity index (χ0) is 13.7. The topological polar surface area (TPSA) is 44.4 Å². The minimum atomic E-state index is 0.0716. The molecule has 1 atom stereocenters. The molecule has 1 unspecified atom stereocenters. The average Bonchev–Trinajstić information content (AvgIpc) is 2.38. The first kappa shape index (κ1) is 14.0. The number of nitrogens with one attached hydrogen (secondary N) is 2. The maximum atomic E-state index is 12.0. The fourth-order valence-electron chi connectivity index (χ4n) is 2.43. The number of hydrogen-bond donors (Lipinski definition) is 2. The lowest BCUT2D eigenvalue weighted by molar-refractivity contribution is -0.117.